The van der Waals surface area contributed by atoms with Crippen LogP contribution in [0.1, 0.15) is 17.1 Å². The summed E-state index contributed by atoms with van der Waals surface area (Å²) < 4.78 is 0. The number of aromatic nitrogens is 1. The number of thioether (sulfide) groups is 1. The molecule has 1 aromatic rings. The molecule has 0 saturated heterocycles. The summed E-state index contributed by atoms with van der Waals surface area (Å²) in [6.07, 6.45) is 0.117. The quantitative estimate of drug-likeness (QED) is 0.448. The van der Waals surface area contributed by atoms with Gasteiger partial charge in [0.25, 0.3) is 0 Å². The van der Waals surface area contributed by atoms with Crippen LogP contribution < -0.4 is 5.48 Å². The zero-order valence-electron chi connectivity index (χ0n) is 10.2. The number of hydroxylamine groups is 1. The molecular formula is C10H15N3O3S2. The number of thiazole rings is 1. The molecule has 0 aromatic carbocycles. The highest BCUT2D eigenvalue weighted by atomic mass is 32.2. The maximum absolute atomic E-state index is 10.4. The number of carboxylic acid groups (broad SMARTS) is 1. The van der Waals surface area contributed by atoms with Crippen molar-refractivity contribution in [1.29, 1.82) is 0 Å². The first kappa shape index (κ1) is 15.1. The zero-order chi connectivity index (χ0) is 13.4. The van der Waals surface area contributed by atoms with Gasteiger partial charge in [-0.1, -0.05) is 0 Å². The molecule has 0 unspecified atom stereocenters. The first-order valence-corrected chi connectivity index (χ1v) is 7.06. The third kappa shape index (κ3) is 5.13. The number of aliphatic imine (C=N–C) groups is 1. The normalized spacial score (nSPS) is 11.8. The van der Waals surface area contributed by atoms with Gasteiger partial charge >= 0.3 is 5.97 Å². The largest absolute Gasteiger partial charge is 0.481 e. The standard InChI is InChI=1S/C10H15N3O3S2/c1-11-10(17-4-3-9(14)15)7-6-18-8(13-7)5-12-16-2/h6,12H,3-5H2,1-2H3,(H,14,15). The van der Waals surface area contributed by atoms with Gasteiger partial charge in [-0.15, -0.1) is 23.1 Å². The number of carbonyl (C=O) groups is 1. The van der Waals surface area contributed by atoms with E-state index in [-0.39, 0.29) is 6.42 Å². The van der Waals surface area contributed by atoms with Crippen LogP contribution in [0.25, 0.3) is 0 Å². The Bertz CT molecular complexity index is 420. The molecule has 0 radical (unpaired) electrons. The number of aliphatic carboxylic acids is 1. The lowest BCUT2D eigenvalue weighted by Gasteiger charge is -2.00. The Balaban J connectivity index is 2.54. The average molecular weight is 289 g/mol. The molecule has 1 heterocycles. The minimum absolute atomic E-state index is 0.117. The second kappa shape index (κ2) is 8.20. The van der Waals surface area contributed by atoms with Gasteiger partial charge < -0.3 is 9.94 Å². The fraction of sp³-hybridized carbons (Fsp3) is 0.500. The summed E-state index contributed by atoms with van der Waals surface area (Å²) in [5, 5.41) is 12.1. The van der Waals surface area contributed by atoms with Crippen LogP contribution in [-0.4, -0.2) is 41.0 Å². The van der Waals surface area contributed by atoms with E-state index in [1.807, 2.05) is 5.38 Å². The Morgan fingerprint density at radius 3 is 3.11 bits per heavy atom. The average Bonchev–Trinajstić information content (AvgIpc) is 2.80. The van der Waals surface area contributed by atoms with Gasteiger partial charge in [-0.25, -0.2) is 4.98 Å². The number of carboxylic acids is 1. The zero-order valence-corrected chi connectivity index (χ0v) is 11.8. The lowest BCUT2D eigenvalue weighted by molar-refractivity contribution is -0.136. The van der Waals surface area contributed by atoms with Crippen molar-refractivity contribution in [3.63, 3.8) is 0 Å². The number of nitrogens with one attached hydrogen (secondary N) is 1. The molecular weight excluding hydrogens is 274 g/mol. The van der Waals surface area contributed by atoms with Crippen molar-refractivity contribution in [3.05, 3.63) is 16.1 Å². The molecule has 0 aliphatic carbocycles. The second-order valence-electron chi connectivity index (χ2n) is 3.17. The second-order valence-corrected chi connectivity index (χ2v) is 5.20. The van der Waals surface area contributed by atoms with E-state index in [2.05, 4.69) is 15.5 Å². The van der Waals surface area contributed by atoms with Gasteiger partial charge in [-0.2, -0.15) is 5.48 Å². The molecule has 0 fully saturated rings. The summed E-state index contributed by atoms with van der Waals surface area (Å²) in [5.41, 5.74) is 3.50. The highest BCUT2D eigenvalue weighted by Gasteiger charge is 2.09. The molecule has 2 N–H and O–H groups in total. The summed E-state index contributed by atoms with van der Waals surface area (Å²) in [7, 11) is 3.23. The predicted octanol–water partition coefficient (Wildman–Crippen LogP) is 1.38. The van der Waals surface area contributed by atoms with Crippen molar-refractivity contribution in [2.24, 2.45) is 4.99 Å². The van der Waals surface area contributed by atoms with Crippen molar-refractivity contribution < 1.29 is 14.7 Å². The predicted molar refractivity (Wildman–Crippen MR) is 73.1 cm³/mol. The molecule has 0 spiro atoms. The van der Waals surface area contributed by atoms with Crippen LogP contribution >= 0.6 is 23.1 Å². The monoisotopic (exact) mass is 289 g/mol. The Labute approximate surface area is 113 Å². The van der Waals surface area contributed by atoms with Gasteiger partial charge in [0, 0.05) is 18.2 Å². The smallest absolute Gasteiger partial charge is 0.304 e. The van der Waals surface area contributed by atoms with Gasteiger partial charge in [-0.05, 0) is 0 Å². The molecule has 1 aromatic heterocycles. The van der Waals surface area contributed by atoms with E-state index in [4.69, 9.17) is 9.94 Å². The highest BCUT2D eigenvalue weighted by Crippen LogP contribution is 2.17. The molecule has 8 heteroatoms. The Kier molecular flexibility index (Phi) is 6.88. The summed E-state index contributed by atoms with van der Waals surface area (Å²) in [6.45, 7) is 0.540. The van der Waals surface area contributed by atoms with Crippen LogP contribution in [0.2, 0.25) is 0 Å². The minimum atomic E-state index is -0.804. The first-order valence-electron chi connectivity index (χ1n) is 5.19. The minimum Gasteiger partial charge on any atom is -0.481 e. The van der Waals surface area contributed by atoms with Crippen LogP contribution in [0.15, 0.2) is 10.4 Å². The molecule has 100 valence electrons. The van der Waals surface area contributed by atoms with E-state index in [0.717, 1.165) is 15.7 Å². The van der Waals surface area contributed by atoms with E-state index in [0.29, 0.717) is 12.3 Å². The van der Waals surface area contributed by atoms with Crippen molar-refractivity contribution in [3.8, 4) is 0 Å². The number of nitrogens with zero attached hydrogens (tertiary/aromatic N) is 2. The molecule has 6 nitrogen and oxygen atoms in total. The molecule has 0 aliphatic rings. The van der Waals surface area contributed by atoms with Crippen LogP contribution in [0, 0.1) is 0 Å². The van der Waals surface area contributed by atoms with Crippen molar-refractivity contribution in [1.82, 2.24) is 10.5 Å². The Hall–Kier alpha value is -0.960. The maximum Gasteiger partial charge on any atom is 0.304 e. The van der Waals surface area contributed by atoms with Crippen molar-refractivity contribution >= 4 is 34.1 Å². The lowest BCUT2D eigenvalue weighted by Crippen LogP contribution is -2.10. The molecule has 1 rings (SSSR count). The highest BCUT2D eigenvalue weighted by molar-refractivity contribution is 8.14. The van der Waals surface area contributed by atoms with Crippen LogP contribution in [0.3, 0.4) is 0 Å². The van der Waals surface area contributed by atoms with Crippen molar-refractivity contribution in [2.75, 3.05) is 19.9 Å². The summed E-state index contributed by atoms with van der Waals surface area (Å²) in [4.78, 5) is 23.7. The SMILES string of the molecule is CN=C(SCCC(=O)O)c1csc(CNOC)n1. The van der Waals surface area contributed by atoms with Crippen LogP contribution in [0.5, 0.6) is 0 Å². The van der Waals surface area contributed by atoms with Crippen LogP contribution in [-0.2, 0) is 16.2 Å². The Morgan fingerprint density at radius 1 is 1.72 bits per heavy atom. The van der Waals surface area contributed by atoms with Gasteiger partial charge in [0.15, 0.2) is 0 Å². The molecule has 0 amide bonds. The molecule has 0 aliphatic heterocycles. The summed E-state index contributed by atoms with van der Waals surface area (Å²) in [6, 6.07) is 0. The van der Waals surface area contributed by atoms with Gasteiger partial charge in [0.05, 0.1) is 20.1 Å². The third-order valence-corrected chi connectivity index (χ3v) is 3.82. The molecule has 0 atom stereocenters. The van der Waals surface area contributed by atoms with E-state index in [1.165, 1.54) is 23.1 Å². The van der Waals surface area contributed by atoms with E-state index in [9.17, 15) is 4.79 Å². The summed E-state index contributed by atoms with van der Waals surface area (Å²) in [5.74, 6) is -0.313. The Morgan fingerprint density at radius 2 is 2.50 bits per heavy atom. The maximum atomic E-state index is 10.4. The van der Waals surface area contributed by atoms with Crippen molar-refractivity contribution in [2.45, 2.75) is 13.0 Å². The summed E-state index contributed by atoms with van der Waals surface area (Å²) >= 11 is 2.91. The molecule has 18 heavy (non-hydrogen) atoms. The third-order valence-electron chi connectivity index (χ3n) is 1.90. The molecule has 0 saturated carbocycles. The first-order chi connectivity index (χ1) is 8.67. The molecule has 0 bridgehead atoms. The van der Waals surface area contributed by atoms with E-state index >= 15 is 0 Å². The van der Waals surface area contributed by atoms with Gasteiger partial charge in [0.2, 0.25) is 0 Å². The van der Waals surface area contributed by atoms with E-state index < -0.39 is 5.97 Å². The number of rotatable bonds is 7. The van der Waals surface area contributed by atoms with Gasteiger partial charge in [-0.3, -0.25) is 9.79 Å². The fourth-order valence-electron chi connectivity index (χ4n) is 1.11. The van der Waals surface area contributed by atoms with E-state index in [1.54, 1.807) is 14.2 Å². The topological polar surface area (TPSA) is 83.8 Å². The number of hydrogen-bond acceptors (Lipinski definition) is 7. The van der Waals surface area contributed by atoms with Crippen LogP contribution in [0.4, 0.5) is 0 Å². The lowest BCUT2D eigenvalue weighted by atomic mass is 10.5. The number of hydrogen-bond donors (Lipinski definition) is 2. The fourth-order valence-corrected chi connectivity index (χ4v) is 2.74. The van der Waals surface area contributed by atoms with Gasteiger partial charge in [0.1, 0.15) is 15.7 Å².